The predicted octanol–water partition coefficient (Wildman–Crippen LogP) is 4.06. The average Bonchev–Trinajstić information content (AvgIpc) is 3.17. The van der Waals surface area contributed by atoms with Crippen LogP contribution in [-0.2, 0) is 17.8 Å². The first-order valence-corrected chi connectivity index (χ1v) is 12.1. The number of hydrogen-bond acceptors (Lipinski definition) is 6. The summed E-state index contributed by atoms with van der Waals surface area (Å²) in [6.07, 6.45) is 0. The van der Waals surface area contributed by atoms with Crippen molar-refractivity contribution in [3.05, 3.63) is 70.9 Å². The molecule has 0 bridgehead atoms. The summed E-state index contributed by atoms with van der Waals surface area (Å²) in [5.41, 5.74) is 3.41. The molecule has 1 fully saturated rings. The number of benzene rings is 2. The lowest BCUT2D eigenvalue weighted by Crippen LogP contribution is -2.35. The SMILES string of the molecule is Cc1cc(NC(=O)c2cccc(CN3CCOCC3)c2)nn1Cc1cc(O)ccc1OCC(C)C. The minimum absolute atomic E-state index is 0.173. The van der Waals surface area contributed by atoms with Crippen LogP contribution in [0.2, 0.25) is 0 Å². The van der Waals surface area contributed by atoms with Crippen LogP contribution in [0, 0.1) is 12.8 Å². The molecule has 8 nitrogen and oxygen atoms in total. The Balaban J connectivity index is 1.43. The Labute approximate surface area is 206 Å². The van der Waals surface area contributed by atoms with Crippen molar-refractivity contribution in [3.8, 4) is 11.5 Å². The van der Waals surface area contributed by atoms with E-state index >= 15 is 0 Å². The van der Waals surface area contributed by atoms with Crippen LogP contribution in [0.25, 0.3) is 0 Å². The summed E-state index contributed by atoms with van der Waals surface area (Å²) in [5.74, 6) is 1.56. The van der Waals surface area contributed by atoms with Crippen molar-refractivity contribution in [2.75, 3.05) is 38.2 Å². The number of phenolic OH excluding ortho intramolecular Hbond substituents is 1. The van der Waals surface area contributed by atoms with E-state index in [9.17, 15) is 9.90 Å². The number of carbonyl (C=O) groups excluding carboxylic acids is 1. The molecule has 4 rings (SSSR count). The zero-order valence-corrected chi connectivity index (χ0v) is 20.7. The number of morpholine rings is 1. The van der Waals surface area contributed by atoms with E-state index in [1.807, 2.05) is 37.3 Å². The third-order valence-electron chi connectivity index (χ3n) is 5.86. The van der Waals surface area contributed by atoms with Crippen LogP contribution < -0.4 is 10.1 Å². The number of nitrogens with one attached hydrogen (secondary N) is 1. The van der Waals surface area contributed by atoms with Crippen LogP contribution in [-0.4, -0.2) is 58.6 Å². The van der Waals surface area contributed by atoms with Crippen molar-refractivity contribution in [1.82, 2.24) is 14.7 Å². The number of nitrogens with zero attached hydrogens (tertiary/aromatic N) is 3. The topological polar surface area (TPSA) is 88.9 Å². The summed E-state index contributed by atoms with van der Waals surface area (Å²) >= 11 is 0. The van der Waals surface area contributed by atoms with Gasteiger partial charge in [0, 0.05) is 42.5 Å². The Hall–Kier alpha value is -3.36. The zero-order chi connectivity index (χ0) is 24.8. The Morgan fingerprint density at radius 3 is 2.71 bits per heavy atom. The number of aromatic nitrogens is 2. The van der Waals surface area contributed by atoms with Gasteiger partial charge < -0.3 is 19.9 Å². The Bertz CT molecular complexity index is 1150. The van der Waals surface area contributed by atoms with Gasteiger partial charge in [-0.15, -0.1) is 0 Å². The molecule has 186 valence electrons. The van der Waals surface area contributed by atoms with Gasteiger partial charge in [-0.25, -0.2) is 0 Å². The van der Waals surface area contributed by atoms with Crippen LogP contribution in [0.3, 0.4) is 0 Å². The van der Waals surface area contributed by atoms with E-state index in [0.717, 1.165) is 49.7 Å². The number of ether oxygens (including phenoxy) is 2. The maximum absolute atomic E-state index is 12.9. The van der Waals surface area contributed by atoms with E-state index in [2.05, 4.69) is 29.2 Å². The molecule has 0 aliphatic carbocycles. The van der Waals surface area contributed by atoms with Crippen molar-refractivity contribution < 1.29 is 19.4 Å². The normalized spacial score (nSPS) is 14.3. The van der Waals surface area contributed by atoms with Crippen molar-refractivity contribution in [2.24, 2.45) is 5.92 Å². The highest BCUT2D eigenvalue weighted by Crippen LogP contribution is 2.26. The molecule has 1 aromatic heterocycles. The number of amides is 1. The third kappa shape index (κ3) is 6.83. The standard InChI is InChI=1S/C27H34N4O4/c1-19(2)18-35-25-8-7-24(32)15-23(25)17-31-20(3)13-26(29-31)28-27(33)22-6-4-5-21(14-22)16-30-9-11-34-12-10-30/h4-8,13-15,19,32H,9-12,16-18H2,1-3H3,(H,28,29,33). The second-order valence-corrected chi connectivity index (χ2v) is 9.37. The molecule has 0 saturated carbocycles. The van der Waals surface area contributed by atoms with E-state index in [-0.39, 0.29) is 11.7 Å². The lowest BCUT2D eigenvalue weighted by Gasteiger charge is -2.26. The van der Waals surface area contributed by atoms with E-state index in [4.69, 9.17) is 9.47 Å². The van der Waals surface area contributed by atoms with Gasteiger partial charge in [-0.3, -0.25) is 14.4 Å². The molecule has 0 atom stereocenters. The first-order valence-electron chi connectivity index (χ1n) is 12.1. The molecule has 1 amide bonds. The number of phenols is 1. The van der Waals surface area contributed by atoms with Crippen LogP contribution in [0.4, 0.5) is 5.82 Å². The molecule has 2 aromatic carbocycles. The van der Waals surface area contributed by atoms with Gasteiger partial charge in [0.05, 0.1) is 26.4 Å². The highest BCUT2D eigenvalue weighted by Gasteiger charge is 2.15. The second kappa shape index (κ2) is 11.4. The molecule has 3 aromatic rings. The molecule has 2 N–H and O–H groups in total. The molecule has 2 heterocycles. The minimum Gasteiger partial charge on any atom is -0.508 e. The summed E-state index contributed by atoms with van der Waals surface area (Å²) in [4.78, 5) is 15.3. The molecule has 0 spiro atoms. The van der Waals surface area contributed by atoms with Gasteiger partial charge in [-0.2, -0.15) is 5.10 Å². The number of aromatic hydroxyl groups is 1. The summed E-state index contributed by atoms with van der Waals surface area (Å²) in [6, 6.07) is 14.6. The minimum atomic E-state index is -0.197. The van der Waals surface area contributed by atoms with Gasteiger partial charge >= 0.3 is 0 Å². The largest absolute Gasteiger partial charge is 0.508 e. The van der Waals surface area contributed by atoms with E-state index in [1.54, 1.807) is 22.9 Å². The first-order chi connectivity index (χ1) is 16.9. The smallest absolute Gasteiger partial charge is 0.256 e. The fourth-order valence-electron chi connectivity index (χ4n) is 4.00. The molecular weight excluding hydrogens is 444 g/mol. The van der Waals surface area contributed by atoms with Gasteiger partial charge in [0.25, 0.3) is 5.91 Å². The molecule has 1 aliphatic rings. The van der Waals surface area contributed by atoms with E-state index < -0.39 is 0 Å². The number of rotatable bonds is 9. The quantitative estimate of drug-likeness (QED) is 0.482. The van der Waals surface area contributed by atoms with Gasteiger partial charge in [0.2, 0.25) is 0 Å². The lowest BCUT2D eigenvalue weighted by atomic mass is 10.1. The average molecular weight is 479 g/mol. The van der Waals surface area contributed by atoms with Crippen LogP contribution in [0.5, 0.6) is 11.5 Å². The highest BCUT2D eigenvalue weighted by atomic mass is 16.5. The molecule has 0 radical (unpaired) electrons. The molecule has 1 saturated heterocycles. The molecule has 35 heavy (non-hydrogen) atoms. The van der Waals surface area contributed by atoms with E-state index in [0.29, 0.717) is 36.2 Å². The van der Waals surface area contributed by atoms with Gasteiger partial charge in [-0.05, 0) is 48.7 Å². The summed E-state index contributed by atoms with van der Waals surface area (Å²) in [5, 5.41) is 17.5. The first kappa shape index (κ1) is 24.8. The van der Waals surface area contributed by atoms with Crippen molar-refractivity contribution in [3.63, 3.8) is 0 Å². The van der Waals surface area contributed by atoms with Crippen molar-refractivity contribution in [1.29, 1.82) is 0 Å². The fraction of sp³-hybridized carbons (Fsp3) is 0.407. The third-order valence-corrected chi connectivity index (χ3v) is 5.86. The van der Waals surface area contributed by atoms with Gasteiger partial charge in [0.15, 0.2) is 5.82 Å². The van der Waals surface area contributed by atoms with Crippen molar-refractivity contribution in [2.45, 2.75) is 33.9 Å². The van der Waals surface area contributed by atoms with Gasteiger partial charge in [0.1, 0.15) is 11.5 Å². The predicted molar refractivity (Wildman–Crippen MR) is 135 cm³/mol. The Kier molecular flexibility index (Phi) is 8.05. The number of anilines is 1. The molecule has 0 unspecified atom stereocenters. The summed E-state index contributed by atoms with van der Waals surface area (Å²) in [6.45, 7) is 11.2. The maximum Gasteiger partial charge on any atom is 0.256 e. The number of hydrogen-bond donors (Lipinski definition) is 2. The number of aryl methyl sites for hydroxylation is 1. The second-order valence-electron chi connectivity index (χ2n) is 9.37. The Morgan fingerprint density at radius 1 is 1.14 bits per heavy atom. The maximum atomic E-state index is 12.9. The van der Waals surface area contributed by atoms with Crippen molar-refractivity contribution >= 4 is 11.7 Å². The Morgan fingerprint density at radius 2 is 1.94 bits per heavy atom. The molecule has 8 heteroatoms. The van der Waals surface area contributed by atoms with Crippen LogP contribution >= 0.6 is 0 Å². The summed E-state index contributed by atoms with van der Waals surface area (Å²) in [7, 11) is 0. The fourth-order valence-corrected chi connectivity index (χ4v) is 4.00. The monoisotopic (exact) mass is 478 g/mol. The van der Waals surface area contributed by atoms with Gasteiger partial charge in [-0.1, -0.05) is 26.0 Å². The van der Waals surface area contributed by atoms with Crippen LogP contribution in [0.1, 0.15) is 41.0 Å². The summed E-state index contributed by atoms with van der Waals surface area (Å²) < 4.78 is 13.1. The lowest BCUT2D eigenvalue weighted by molar-refractivity contribution is 0.0342. The molecular formula is C27H34N4O4. The molecule has 1 aliphatic heterocycles. The zero-order valence-electron chi connectivity index (χ0n) is 20.7. The number of carbonyl (C=O) groups is 1. The van der Waals surface area contributed by atoms with Crippen LogP contribution in [0.15, 0.2) is 48.5 Å². The highest BCUT2D eigenvalue weighted by molar-refractivity contribution is 6.03. The van der Waals surface area contributed by atoms with E-state index in [1.165, 1.54) is 0 Å².